The van der Waals surface area contributed by atoms with Crippen LogP contribution in [0, 0.1) is 6.92 Å². The third-order valence-corrected chi connectivity index (χ3v) is 6.96. The highest BCUT2D eigenvalue weighted by Gasteiger charge is 2.23. The van der Waals surface area contributed by atoms with Crippen molar-refractivity contribution in [2.24, 2.45) is 0 Å². The molecule has 0 aliphatic carbocycles. The molecule has 0 atom stereocenters. The van der Waals surface area contributed by atoms with Gasteiger partial charge in [-0.1, -0.05) is 151 Å². The molecule has 0 heteroatoms. The van der Waals surface area contributed by atoms with Crippen molar-refractivity contribution < 1.29 is 0 Å². The molecule has 0 bridgehead atoms. The molecule has 6 aromatic carbocycles. The van der Waals surface area contributed by atoms with Crippen molar-refractivity contribution in [2.75, 3.05) is 0 Å². The summed E-state index contributed by atoms with van der Waals surface area (Å²) in [5, 5.41) is 0. The van der Waals surface area contributed by atoms with Gasteiger partial charge in [0.2, 0.25) is 0 Å². The summed E-state index contributed by atoms with van der Waals surface area (Å²) in [6.07, 6.45) is 0. The maximum absolute atomic E-state index is 2.40. The van der Waals surface area contributed by atoms with Gasteiger partial charge in [0.1, 0.15) is 0 Å². The highest BCUT2D eigenvalue weighted by Crippen LogP contribution is 2.50. The summed E-state index contributed by atoms with van der Waals surface area (Å²) >= 11 is 0. The van der Waals surface area contributed by atoms with E-state index < -0.39 is 0 Å². The molecule has 0 saturated heterocycles. The number of rotatable bonds is 5. The number of hydrogen-bond donors (Lipinski definition) is 0. The van der Waals surface area contributed by atoms with Crippen molar-refractivity contribution in [2.45, 2.75) is 6.92 Å². The van der Waals surface area contributed by atoms with Gasteiger partial charge in [-0.25, -0.2) is 0 Å². The third-order valence-electron chi connectivity index (χ3n) is 6.96. The molecule has 0 nitrogen and oxygen atoms in total. The minimum absolute atomic E-state index is 1.21. The molecule has 0 saturated carbocycles. The van der Waals surface area contributed by atoms with Crippen molar-refractivity contribution in [3.05, 3.63) is 157 Å². The average Bonchev–Trinajstić information content (AvgIpc) is 2.98. The maximum atomic E-state index is 2.40. The van der Waals surface area contributed by atoms with Gasteiger partial charge in [0.25, 0.3) is 0 Å². The fourth-order valence-corrected chi connectivity index (χ4v) is 5.19. The Morgan fingerprint density at radius 2 is 0.622 bits per heavy atom. The van der Waals surface area contributed by atoms with Gasteiger partial charge in [0.15, 0.2) is 0 Å². The fraction of sp³-hybridized carbons (Fsp3) is 0.0270. The fourth-order valence-electron chi connectivity index (χ4n) is 5.19. The summed E-state index contributed by atoms with van der Waals surface area (Å²) in [4.78, 5) is 0. The number of hydrogen-bond acceptors (Lipinski definition) is 0. The standard InChI is InChI=1S/C37H28/c1-27-22-24-29(25-23-27)34-26-33(28-14-6-2-7-15-28)35(30-16-8-3-9-17-30)37(32-20-12-5-13-21-32)36(34)31-18-10-4-11-19-31/h2-26H,1H3. The Morgan fingerprint density at radius 3 is 1.03 bits per heavy atom. The molecule has 0 aliphatic rings. The number of aryl methyl sites for hydroxylation is 1. The van der Waals surface area contributed by atoms with Crippen LogP contribution in [0.5, 0.6) is 0 Å². The Kier molecular flexibility index (Phi) is 6.23. The zero-order valence-corrected chi connectivity index (χ0v) is 20.9. The van der Waals surface area contributed by atoms with Crippen LogP contribution < -0.4 is 0 Å². The van der Waals surface area contributed by atoms with Crippen LogP contribution in [0.1, 0.15) is 5.56 Å². The molecule has 0 N–H and O–H groups in total. The zero-order chi connectivity index (χ0) is 25.0. The second-order valence-electron chi connectivity index (χ2n) is 9.43. The topological polar surface area (TPSA) is 0 Å². The molecule has 0 fully saturated rings. The first-order chi connectivity index (χ1) is 18.3. The smallest absolute Gasteiger partial charge is 0.00143 e. The molecular weight excluding hydrogens is 444 g/mol. The second kappa shape index (κ2) is 10.1. The molecule has 0 unspecified atom stereocenters. The lowest BCUT2D eigenvalue weighted by molar-refractivity contribution is 1.46. The average molecular weight is 473 g/mol. The lowest BCUT2D eigenvalue weighted by Crippen LogP contribution is -1.98. The molecule has 37 heavy (non-hydrogen) atoms. The van der Waals surface area contributed by atoms with E-state index >= 15 is 0 Å². The summed E-state index contributed by atoms with van der Waals surface area (Å²) in [5.41, 5.74) is 13.6. The van der Waals surface area contributed by atoms with Crippen molar-refractivity contribution in [1.82, 2.24) is 0 Å². The monoisotopic (exact) mass is 472 g/mol. The quantitative estimate of drug-likeness (QED) is 0.234. The highest BCUT2D eigenvalue weighted by molar-refractivity contribution is 6.07. The first-order valence-corrected chi connectivity index (χ1v) is 12.8. The number of benzene rings is 6. The lowest BCUT2D eigenvalue weighted by Gasteiger charge is -2.24. The van der Waals surface area contributed by atoms with Crippen molar-refractivity contribution in [3.8, 4) is 55.6 Å². The summed E-state index contributed by atoms with van der Waals surface area (Å²) in [6, 6.07) is 54.6. The van der Waals surface area contributed by atoms with Crippen LogP contribution >= 0.6 is 0 Å². The minimum Gasteiger partial charge on any atom is -0.0622 e. The Bertz CT molecular complexity index is 1610. The van der Waals surface area contributed by atoms with Crippen LogP contribution in [0.15, 0.2) is 152 Å². The second-order valence-corrected chi connectivity index (χ2v) is 9.43. The van der Waals surface area contributed by atoms with Crippen LogP contribution in [0.2, 0.25) is 0 Å². The summed E-state index contributed by atoms with van der Waals surface area (Å²) in [6.45, 7) is 2.14. The molecule has 176 valence electrons. The van der Waals surface area contributed by atoms with Gasteiger partial charge in [0.05, 0.1) is 0 Å². The van der Waals surface area contributed by atoms with E-state index in [1.54, 1.807) is 0 Å². The van der Waals surface area contributed by atoms with Gasteiger partial charge in [-0.15, -0.1) is 0 Å². The van der Waals surface area contributed by atoms with Crippen LogP contribution in [0.4, 0.5) is 0 Å². The lowest BCUT2D eigenvalue weighted by atomic mass is 9.79. The first kappa shape index (κ1) is 22.8. The maximum Gasteiger partial charge on any atom is -0.00143 e. The van der Waals surface area contributed by atoms with Gasteiger partial charge in [-0.05, 0) is 68.6 Å². The molecule has 0 aliphatic heterocycles. The molecule has 0 heterocycles. The third kappa shape index (κ3) is 4.50. The summed E-state index contributed by atoms with van der Waals surface area (Å²) in [5.74, 6) is 0. The van der Waals surface area contributed by atoms with E-state index in [0.717, 1.165) is 0 Å². The Morgan fingerprint density at radius 1 is 0.297 bits per heavy atom. The molecule has 0 amide bonds. The molecule has 0 radical (unpaired) electrons. The van der Waals surface area contributed by atoms with Crippen molar-refractivity contribution >= 4 is 0 Å². The van der Waals surface area contributed by atoms with Gasteiger partial charge < -0.3 is 0 Å². The molecule has 0 aromatic heterocycles. The van der Waals surface area contributed by atoms with Crippen LogP contribution in [0.25, 0.3) is 55.6 Å². The summed E-state index contributed by atoms with van der Waals surface area (Å²) in [7, 11) is 0. The van der Waals surface area contributed by atoms with E-state index in [0.29, 0.717) is 0 Å². The highest BCUT2D eigenvalue weighted by atomic mass is 14.3. The Balaban J connectivity index is 1.83. The van der Waals surface area contributed by atoms with Crippen molar-refractivity contribution in [3.63, 3.8) is 0 Å². The van der Waals surface area contributed by atoms with E-state index in [1.807, 2.05) is 0 Å². The van der Waals surface area contributed by atoms with Gasteiger partial charge in [-0.3, -0.25) is 0 Å². The van der Waals surface area contributed by atoms with Crippen LogP contribution in [-0.2, 0) is 0 Å². The van der Waals surface area contributed by atoms with E-state index in [1.165, 1.54) is 61.2 Å². The summed E-state index contributed by atoms with van der Waals surface area (Å²) < 4.78 is 0. The van der Waals surface area contributed by atoms with Gasteiger partial charge in [-0.2, -0.15) is 0 Å². The van der Waals surface area contributed by atoms with E-state index in [4.69, 9.17) is 0 Å². The largest absolute Gasteiger partial charge is 0.0622 e. The van der Waals surface area contributed by atoms with Crippen LogP contribution in [-0.4, -0.2) is 0 Å². The molecule has 6 aromatic rings. The van der Waals surface area contributed by atoms with E-state index in [-0.39, 0.29) is 0 Å². The normalized spacial score (nSPS) is 10.8. The van der Waals surface area contributed by atoms with Gasteiger partial charge >= 0.3 is 0 Å². The SMILES string of the molecule is Cc1ccc(-c2cc(-c3ccccc3)c(-c3ccccc3)c(-c3ccccc3)c2-c2ccccc2)cc1. The van der Waals surface area contributed by atoms with Gasteiger partial charge in [0, 0.05) is 0 Å². The molecule has 0 spiro atoms. The minimum atomic E-state index is 1.21. The van der Waals surface area contributed by atoms with E-state index in [9.17, 15) is 0 Å². The molecular formula is C37H28. The predicted octanol–water partition coefficient (Wildman–Crippen LogP) is 10.3. The Labute approximate surface area is 219 Å². The first-order valence-electron chi connectivity index (χ1n) is 12.8. The van der Waals surface area contributed by atoms with Crippen LogP contribution in [0.3, 0.4) is 0 Å². The Hall–Kier alpha value is -4.68. The van der Waals surface area contributed by atoms with Crippen molar-refractivity contribution in [1.29, 1.82) is 0 Å². The predicted molar refractivity (Wildman–Crippen MR) is 158 cm³/mol. The molecule has 6 rings (SSSR count). The zero-order valence-electron chi connectivity index (χ0n) is 20.9. The van der Waals surface area contributed by atoms with E-state index in [2.05, 4.69) is 159 Å².